The number of hydrogen-bond donors (Lipinski definition) is 2. The first kappa shape index (κ1) is 18.8. The fourth-order valence-electron chi connectivity index (χ4n) is 2.99. The molecule has 1 fully saturated rings. The Kier molecular flexibility index (Phi) is 5.97. The van der Waals surface area contributed by atoms with Crippen molar-refractivity contribution in [2.75, 3.05) is 18.5 Å². The second kappa shape index (κ2) is 8.59. The van der Waals surface area contributed by atoms with E-state index in [2.05, 4.69) is 28.7 Å². The van der Waals surface area contributed by atoms with Crippen molar-refractivity contribution >= 4 is 11.7 Å². The lowest BCUT2D eigenvalue weighted by Gasteiger charge is -2.27. The molecule has 1 atom stereocenters. The minimum Gasteiger partial charge on any atom is -0.493 e. The number of pyridine rings is 1. The number of carboxylic acid groups (broad SMARTS) is 1. The van der Waals surface area contributed by atoms with Crippen molar-refractivity contribution in [2.45, 2.75) is 26.2 Å². The van der Waals surface area contributed by atoms with Gasteiger partial charge >= 0.3 is 5.97 Å². The molecule has 3 rings (SSSR count). The number of aromatic nitrogens is 1. The summed E-state index contributed by atoms with van der Waals surface area (Å²) in [5.74, 6) is 7.03. The van der Waals surface area contributed by atoms with Gasteiger partial charge in [0.2, 0.25) is 0 Å². The van der Waals surface area contributed by atoms with Crippen LogP contribution in [0.2, 0.25) is 0 Å². The molecular weight excluding hydrogens is 340 g/mol. The molecule has 1 aromatic rings. The highest BCUT2D eigenvalue weighted by molar-refractivity contribution is 5.93. The molecule has 140 valence electrons. The minimum absolute atomic E-state index is 0.175. The lowest BCUT2D eigenvalue weighted by molar-refractivity contribution is 0.0697. The third-order valence-corrected chi connectivity index (χ3v) is 4.66. The van der Waals surface area contributed by atoms with E-state index in [-0.39, 0.29) is 11.5 Å². The quantitative estimate of drug-likeness (QED) is 0.746. The minimum atomic E-state index is -0.972. The highest BCUT2D eigenvalue weighted by Gasteiger charge is 2.22. The molecule has 1 aliphatic carbocycles. The Hall–Kier alpha value is -3.00. The van der Waals surface area contributed by atoms with Crippen molar-refractivity contribution in [3.05, 3.63) is 59.7 Å². The molecule has 1 aromatic heterocycles. The fourth-order valence-corrected chi connectivity index (χ4v) is 2.99. The summed E-state index contributed by atoms with van der Waals surface area (Å²) in [5, 5.41) is 12.5. The second-order valence-corrected chi connectivity index (χ2v) is 6.84. The smallest absolute Gasteiger partial charge is 0.337 e. The third-order valence-electron chi connectivity index (χ3n) is 4.66. The first-order chi connectivity index (χ1) is 13.1. The number of aromatic carboxylic acids is 1. The molecule has 1 saturated carbocycles. The summed E-state index contributed by atoms with van der Waals surface area (Å²) >= 11 is 0. The van der Waals surface area contributed by atoms with Gasteiger partial charge in [0, 0.05) is 30.2 Å². The maximum Gasteiger partial charge on any atom is 0.337 e. The van der Waals surface area contributed by atoms with Gasteiger partial charge in [-0.2, -0.15) is 0 Å². The average Bonchev–Trinajstić information content (AvgIpc) is 3.49. The van der Waals surface area contributed by atoms with Gasteiger partial charge in [-0.25, -0.2) is 4.79 Å². The Morgan fingerprint density at radius 3 is 3.00 bits per heavy atom. The van der Waals surface area contributed by atoms with E-state index in [9.17, 15) is 9.90 Å². The standard InChI is InChI=1S/C22H24N2O3/c1-3-18-17(13-24-20-14-23-10-8-19(20)22(25)26)9-11-27-21(18)12-15(2)4-5-16-6-7-16/h3,8,10,12,14,16-17,24H,1,6-7,9,11,13H2,2H3,(H,25,26)/b15-12+. The predicted octanol–water partition coefficient (Wildman–Crippen LogP) is 4.03. The zero-order valence-electron chi connectivity index (χ0n) is 15.5. The van der Waals surface area contributed by atoms with Crippen LogP contribution >= 0.6 is 0 Å². The normalized spacial score (nSPS) is 19.6. The summed E-state index contributed by atoms with van der Waals surface area (Å²) in [5.41, 5.74) is 2.73. The SMILES string of the molecule is C=CC1=C(/C=C(\C)C#CC2CC2)OCCC1CNc1cnccc1C(=O)O. The number of nitrogens with zero attached hydrogens (tertiary/aromatic N) is 1. The van der Waals surface area contributed by atoms with Crippen molar-refractivity contribution in [1.82, 2.24) is 4.98 Å². The molecular formula is C22H24N2O3. The summed E-state index contributed by atoms with van der Waals surface area (Å²) < 4.78 is 5.85. The topological polar surface area (TPSA) is 71.5 Å². The van der Waals surface area contributed by atoms with Gasteiger partial charge in [0.1, 0.15) is 5.76 Å². The Bertz CT molecular complexity index is 854. The van der Waals surface area contributed by atoms with E-state index in [0.717, 1.165) is 23.3 Å². The first-order valence-corrected chi connectivity index (χ1v) is 9.19. The number of carbonyl (C=O) groups is 1. The maximum atomic E-state index is 11.3. The monoisotopic (exact) mass is 364 g/mol. The van der Waals surface area contributed by atoms with Gasteiger partial charge in [-0.15, -0.1) is 0 Å². The van der Waals surface area contributed by atoms with Crippen LogP contribution in [0.5, 0.6) is 0 Å². The van der Waals surface area contributed by atoms with Crippen molar-refractivity contribution in [1.29, 1.82) is 0 Å². The molecule has 5 nitrogen and oxygen atoms in total. The summed E-state index contributed by atoms with van der Waals surface area (Å²) in [6.07, 6.45) is 10.1. The van der Waals surface area contributed by atoms with Crippen molar-refractivity contribution in [2.24, 2.45) is 11.8 Å². The number of carboxylic acids is 1. The summed E-state index contributed by atoms with van der Waals surface area (Å²) in [7, 11) is 0. The van der Waals surface area contributed by atoms with Gasteiger partial charge in [0.05, 0.1) is 24.1 Å². The molecule has 2 N–H and O–H groups in total. The van der Waals surface area contributed by atoms with Gasteiger partial charge in [0.15, 0.2) is 0 Å². The van der Waals surface area contributed by atoms with Crippen LogP contribution in [0.4, 0.5) is 5.69 Å². The number of allylic oxidation sites excluding steroid dienone is 3. The number of rotatable bonds is 6. The first-order valence-electron chi connectivity index (χ1n) is 9.19. The summed E-state index contributed by atoms with van der Waals surface area (Å²) in [6, 6.07) is 1.50. The highest BCUT2D eigenvalue weighted by Crippen LogP contribution is 2.29. The second-order valence-electron chi connectivity index (χ2n) is 6.84. The molecule has 0 spiro atoms. The molecule has 2 heterocycles. The fraction of sp³-hybridized carbons (Fsp3) is 0.364. The lowest BCUT2D eigenvalue weighted by Crippen LogP contribution is -2.23. The van der Waals surface area contributed by atoms with Crippen LogP contribution in [0.3, 0.4) is 0 Å². The predicted molar refractivity (Wildman–Crippen MR) is 105 cm³/mol. The van der Waals surface area contributed by atoms with Crippen molar-refractivity contribution < 1.29 is 14.6 Å². The van der Waals surface area contributed by atoms with Crippen molar-refractivity contribution in [3.63, 3.8) is 0 Å². The van der Waals surface area contributed by atoms with E-state index >= 15 is 0 Å². The molecule has 0 aromatic carbocycles. The van der Waals surface area contributed by atoms with Gasteiger partial charge in [-0.3, -0.25) is 4.98 Å². The number of hydrogen-bond acceptors (Lipinski definition) is 4. The zero-order valence-corrected chi connectivity index (χ0v) is 15.5. The average molecular weight is 364 g/mol. The molecule has 1 aliphatic heterocycles. The molecule has 0 amide bonds. The van der Waals surface area contributed by atoms with E-state index < -0.39 is 5.97 Å². The van der Waals surface area contributed by atoms with E-state index in [1.807, 2.05) is 19.1 Å². The molecule has 0 bridgehead atoms. The van der Waals surface area contributed by atoms with Gasteiger partial charge in [-0.1, -0.05) is 24.5 Å². The van der Waals surface area contributed by atoms with E-state index in [1.165, 1.54) is 25.1 Å². The Labute approximate surface area is 159 Å². The van der Waals surface area contributed by atoms with Crippen LogP contribution in [-0.2, 0) is 4.74 Å². The van der Waals surface area contributed by atoms with E-state index in [4.69, 9.17) is 4.74 Å². The van der Waals surface area contributed by atoms with Gasteiger partial charge in [0.25, 0.3) is 0 Å². The largest absolute Gasteiger partial charge is 0.493 e. The molecule has 0 saturated heterocycles. The summed E-state index contributed by atoms with van der Waals surface area (Å²) in [6.45, 7) is 7.12. The molecule has 1 unspecified atom stereocenters. The molecule has 2 aliphatic rings. The van der Waals surface area contributed by atoms with Crippen LogP contribution < -0.4 is 5.32 Å². The Morgan fingerprint density at radius 2 is 2.30 bits per heavy atom. The maximum absolute atomic E-state index is 11.3. The van der Waals surface area contributed by atoms with Gasteiger partial charge < -0.3 is 15.2 Å². The van der Waals surface area contributed by atoms with Crippen molar-refractivity contribution in [3.8, 4) is 11.8 Å². The summed E-state index contributed by atoms with van der Waals surface area (Å²) in [4.78, 5) is 15.4. The third kappa shape index (κ3) is 5.01. The van der Waals surface area contributed by atoms with E-state index in [0.29, 0.717) is 24.8 Å². The van der Waals surface area contributed by atoms with Crippen LogP contribution in [0, 0.1) is 23.7 Å². The van der Waals surface area contributed by atoms with Gasteiger partial charge in [-0.05, 0) is 43.9 Å². The van der Waals surface area contributed by atoms with Crippen LogP contribution in [-0.4, -0.2) is 29.2 Å². The number of nitrogens with one attached hydrogen (secondary N) is 1. The van der Waals surface area contributed by atoms with Crippen LogP contribution in [0.15, 0.2) is 54.1 Å². The zero-order chi connectivity index (χ0) is 19.2. The van der Waals surface area contributed by atoms with Crippen LogP contribution in [0.1, 0.15) is 36.5 Å². The number of anilines is 1. The van der Waals surface area contributed by atoms with E-state index in [1.54, 1.807) is 6.20 Å². The Balaban J connectivity index is 1.75. The molecule has 5 heteroatoms. The Morgan fingerprint density at radius 1 is 1.48 bits per heavy atom. The highest BCUT2D eigenvalue weighted by atomic mass is 16.5. The molecule has 0 radical (unpaired) electrons. The lowest BCUT2D eigenvalue weighted by atomic mass is 9.92. The number of ether oxygens (including phenoxy) is 1. The molecule has 27 heavy (non-hydrogen) atoms. The van der Waals surface area contributed by atoms with Crippen LogP contribution in [0.25, 0.3) is 0 Å².